The lowest BCUT2D eigenvalue weighted by atomic mass is 9.78. The first-order chi connectivity index (χ1) is 7.86. The van der Waals surface area contributed by atoms with Crippen molar-refractivity contribution in [3.05, 3.63) is 0 Å². The number of carbonyl (C=O) groups is 1. The molecule has 2 unspecified atom stereocenters. The maximum atomic E-state index is 12.1. The Morgan fingerprint density at radius 2 is 2.18 bits per heavy atom. The molecule has 0 spiro atoms. The maximum Gasteiger partial charge on any atom is 0.410 e. The van der Waals surface area contributed by atoms with Crippen molar-refractivity contribution in [2.24, 2.45) is 11.3 Å². The first-order valence-electron chi connectivity index (χ1n) is 6.84. The minimum absolute atomic E-state index is 0.125. The molecule has 2 fully saturated rings. The van der Waals surface area contributed by atoms with E-state index in [1.165, 1.54) is 25.7 Å². The summed E-state index contributed by atoms with van der Waals surface area (Å²) in [4.78, 5) is 14.0. The summed E-state index contributed by atoms with van der Waals surface area (Å²) in [5.41, 5.74) is 0.0189. The molecule has 1 amide bonds. The van der Waals surface area contributed by atoms with Crippen molar-refractivity contribution in [1.29, 1.82) is 0 Å². The van der Waals surface area contributed by atoms with Crippen molar-refractivity contribution in [2.45, 2.75) is 59.0 Å². The van der Waals surface area contributed by atoms with Crippen LogP contribution in [-0.4, -0.2) is 29.7 Å². The molecule has 1 heterocycles. The maximum absolute atomic E-state index is 12.1. The van der Waals surface area contributed by atoms with E-state index in [0.717, 1.165) is 13.1 Å². The topological polar surface area (TPSA) is 29.5 Å². The number of rotatable bonds is 1. The predicted molar refractivity (Wildman–Crippen MR) is 67.9 cm³/mol. The largest absolute Gasteiger partial charge is 0.444 e. The Morgan fingerprint density at radius 3 is 2.71 bits per heavy atom. The minimum Gasteiger partial charge on any atom is -0.444 e. The summed E-state index contributed by atoms with van der Waals surface area (Å²) in [7, 11) is 0. The molecule has 0 N–H and O–H groups in total. The van der Waals surface area contributed by atoms with Gasteiger partial charge in [-0.1, -0.05) is 13.3 Å². The smallest absolute Gasteiger partial charge is 0.410 e. The van der Waals surface area contributed by atoms with E-state index in [4.69, 9.17) is 4.74 Å². The van der Waals surface area contributed by atoms with Crippen LogP contribution in [0.2, 0.25) is 0 Å². The molecular formula is C14H25NO2. The van der Waals surface area contributed by atoms with Crippen LogP contribution in [0.3, 0.4) is 0 Å². The molecule has 1 aliphatic heterocycles. The third-order valence-electron chi connectivity index (χ3n) is 4.40. The number of fused-ring (bicyclic) bond motifs is 1. The highest BCUT2D eigenvalue weighted by atomic mass is 16.6. The zero-order valence-corrected chi connectivity index (χ0v) is 11.6. The quantitative estimate of drug-likeness (QED) is 0.701. The zero-order chi connectivity index (χ0) is 12.7. The van der Waals surface area contributed by atoms with E-state index in [0.29, 0.717) is 11.3 Å². The van der Waals surface area contributed by atoms with Gasteiger partial charge in [0.15, 0.2) is 0 Å². The Labute approximate surface area is 105 Å². The molecule has 2 rings (SSSR count). The van der Waals surface area contributed by atoms with Crippen molar-refractivity contribution < 1.29 is 9.53 Å². The van der Waals surface area contributed by atoms with Crippen LogP contribution in [0.1, 0.15) is 53.4 Å². The lowest BCUT2D eigenvalue weighted by molar-refractivity contribution is 0.0267. The summed E-state index contributed by atoms with van der Waals surface area (Å²) in [5, 5.41) is 0. The highest BCUT2D eigenvalue weighted by Gasteiger charge is 2.49. The second-order valence-electron chi connectivity index (χ2n) is 6.67. The van der Waals surface area contributed by atoms with Gasteiger partial charge in [0.2, 0.25) is 0 Å². The van der Waals surface area contributed by atoms with Crippen LogP contribution in [0.25, 0.3) is 0 Å². The van der Waals surface area contributed by atoms with Crippen molar-refractivity contribution in [1.82, 2.24) is 4.90 Å². The van der Waals surface area contributed by atoms with Gasteiger partial charge in [0.25, 0.3) is 0 Å². The molecule has 0 aromatic rings. The van der Waals surface area contributed by atoms with Gasteiger partial charge in [-0.05, 0) is 51.4 Å². The molecule has 1 aliphatic carbocycles. The number of hydrogen-bond acceptors (Lipinski definition) is 2. The van der Waals surface area contributed by atoms with Crippen LogP contribution in [-0.2, 0) is 4.74 Å². The van der Waals surface area contributed by atoms with E-state index in [9.17, 15) is 4.79 Å². The van der Waals surface area contributed by atoms with Gasteiger partial charge in [-0.3, -0.25) is 0 Å². The van der Waals surface area contributed by atoms with Crippen molar-refractivity contribution in [3.63, 3.8) is 0 Å². The molecule has 98 valence electrons. The highest BCUT2D eigenvalue weighted by Crippen LogP contribution is 2.50. The molecule has 17 heavy (non-hydrogen) atoms. The normalized spacial score (nSPS) is 32.7. The van der Waals surface area contributed by atoms with E-state index in [-0.39, 0.29) is 11.7 Å². The van der Waals surface area contributed by atoms with Gasteiger partial charge in [0, 0.05) is 13.1 Å². The van der Waals surface area contributed by atoms with E-state index in [1.54, 1.807) is 0 Å². The standard InChI is InChI=1S/C14H25NO2/c1-5-14-8-6-7-11(14)9-15(10-14)12(16)17-13(2,3)4/h11H,5-10H2,1-4H3. The van der Waals surface area contributed by atoms with Crippen LogP contribution in [0.15, 0.2) is 0 Å². The average Bonchev–Trinajstić information content (AvgIpc) is 2.70. The Bertz CT molecular complexity index is 308. The lowest BCUT2D eigenvalue weighted by Gasteiger charge is -2.28. The molecule has 3 heteroatoms. The first-order valence-corrected chi connectivity index (χ1v) is 6.84. The zero-order valence-electron chi connectivity index (χ0n) is 11.6. The molecule has 1 saturated carbocycles. The molecule has 2 aliphatic rings. The second-order valence-corrected chi connectivity index (χ2v) is 6.67. The highest BCUT2D eigenvalue weighted by molar-refractivity contribution is 5.68. The summed E-state index contributed by atoms with van der Waals surface area (Å²) in [6, 6.07) is 0. The number of hydrogen-bond donors (Lipinski definition) is 0. The molecular weight excluding hydrogens is 214 g/mol. The van der Waals surface area contributed by atoms with Crippen molar-refractivity contribution in [2.75, 3.05) is 13.1 Å². The van der Waals surface area contributed by atoms with Gasteiger partial charge in [-0.15, -0.1) is 0 Å². The molecule has 2 atom stereocenters. The SMILES string of the molecule is CCC12CCCC1CN(C(=O)OC(C)(C)C)C2. The Morgan fingerprint density at radius 1 is 1.47 bits per heavy atom. The first kappa shape index (κ1) is 12.7. The van der Waals surface area contributed by atoms with Crippen LogP contribution < -0.4 is 0 Å². The minimum atomic E-state index is -0.381. The Balaban J connectivity index is 2.00. The molecule has 3 nitrogen and oxygen atoms in total. The summed E-state index contributed by atoms with van der Waals surface area (Å²) in [5.74, 6) is 0.708. The number of carbonyl (C=O) groups excluding carboxylic acids is 1. The van der Waals surface area contributed by atoms with E-state index in [1.807, 2.05) is 25.7 Å². The van der Waals surface area contributed by atoms with E-state index < -0.39 is 0 Å². The third kappa shape index (κ3) is 2.43. The van der Waals surface area contributed by atoms with E-state index in [2.05, 4.69) is 6.92 Å². The van der Waals surface area contributed by atoms with Gasteiger partial charge in [0.05, 0.1) is 0 Å². The summed E-state index contributed by atoms with van der Waals surface area (Å²) < 4.78 is 5.46. The second kappa shape index (κ2) is 4.18. The fraction of sp³-hybridized carbons (Fsp3) is 0.929. The third-order valence-corrected chi connectivity index (χ3v) is 4.40. The average molecular weight is 239 g/mol. The van der Waals surface area contributed by atoms with Gasteiger partial charge in [-0.25, -0.2) is 4.79 Å². The number of nitrogens with zero attached hydrogens (tertiary/aromatic N) is 1. The van der Waals surface area contributed by atoms with Gasteiger partial charge in [-0.2, -0.15) is 0 Å². The van der Waals surface area contributed by atoms with Gasteiger partial charge < -0.3 is 9.64 Å². The predicted octanol–water partition coefficient (Wildman–Crippen LogP) is 3.43. The van der Waals surface area contributed by atoms with Crippen LogP contribution in [0.4, 0.5) is 4.79 Å². The summed E-state index contributed by atoms with van der Waals surface area (Å²) in [6.45, 7) is 9.86. The monoisotopic (exact) mass is 239 g/mol. The van der Waals surface area contributed by atoms with Crippen LogP contribution >= 0.6 is 0 Å². The summed E-state index contributed by atoms with van der Waals surface area (Å²) in [6.07, 6.45) is 4.97. The van der Waals surface area contributed by atoms with Crippen molar-refractivity contribution in [3.8, 4) is 0 Å². The van der Waals surface area contributed by atoms with E-state index >= 15 is 0 Å². The number of likely N-dealkylation sites (tertiary alicyclic amines) is 1. The van der Waals surface area contributed by atoms with Gasteiger partial charge in [0.1, 0.15) is 5.60 Å². The fourth-order valence-corrected chi connectivity index (χ4v) is 3.46. The Hall–Kier alpha value is -0.730. The molecule has 0 radical (unpaired) electrons. The molecule has 1 saturated heterocycles. The van der Waals surface area contributed by atoms with Crippen LogP contribution in [0, 0.1) is 11.3 Å². The van der Waals surface area contributed by atoms with Crippen LogP contribution in [0.5, 0.6) is 0 Å². The Kier molecular flexibility index (Phi) is 3.13. The number of ether oxygens (including phenoxy) is 1. The van der Waals surface area contributed by atoms with Crippen molar-refractivity contribution >= 4 is 6.09 Å². The lowest BCUT2D eigenvalue weighted by Crippen LogP contribution is -2.36. The summed E-state index contributed by atoms with van der Waals surface area (Å²) >= 11 is 0. The molecule has 0 aromatic heterocycles. The molecule has 0 bridgehead atoms. The fourth-order valence-electron chi connectivity index (χ4n) is 3.46. The molecule has 0 aromatic carbocycles. The van der Waals surface area contributed by atoms with Gasteiger partial charge >= 0.3 is 6.09 Å². The number of amides is 1.